The third-order valence-electron chi connectivity index (χ3n) is 4.02. The van der Waals surface area contributed by atoms with E-state index >= 15 is 0 Å². The Labute approximate surface area is 164 Å². The van der Waals surface area contributed by atoms with Crippen molar-refractivity contribution in [3.8, 4) is 0 Å². The molecule has 0 aliphatic carbocycles. The normalized spacial score (nSPS) is 11.4. The van der Waals surface area contributed by atoms with Gasteiger partial charge in [0.05, 0.1) is 4.90 Å². The van der Waals surface area contributed by atoms with Gasteiger partial charge in [0, 0.05) is 12.3 Å². The van der Waals surface area contributed by atoms with Gasteiger partial charge in [0.25, 0.3) is 0 Å². The van der Waals surface area contributed by atoms with Crippen molar-refractivity contribution in [3.05, 3.63) is 84.2 Å². The standard InChI is InChI=1S/C20H21N3O2S2/c1-3-13-23-19(15-27(24,25)18-11-9-16(2)10-12-18)21-22-20(23)26-14-17-7-5-4-6-8-17/h3-12H,1,13-15H2,2H3. The predicted molar refractivity (Wildman–Crippen MR) is 108 cm³/mol. The quantitative estimate of drug-likeness (QED) is 0.422. The van der Waals surface area contributed by atoms with Crippen molar-refractivity contribution in [1.29, 1.82) is 0 Å². The van der Waals surface area contributed by atoms with Gasteiger partial charge in [0.2, 0.25) is 0 Å². The molecule has 0 atom stereocenters. The molecule has 1 heterocycles. The predicted octanol–water partition coefficient (Wildman–Crippen LogP) is 4.04. The van der Waals surface area contributed by atoms with Crippen LogP contribution in [0.1, 0.15) is 17.0 Å². The van der Waals surface area contributed by atoms with Gasteiger partial charge < -0.3 is 4.57 Å². The molecule has 0 amide bonds. The van der Waals surface area contributed by atoms with Crippen LogP contribution in [0.15, 0.2) is 77.3 Å². The Kier molecular flexibility index (Phi) is 6.13. The molecule has 0 spiro atoms. The molecular weight excluding hydrogens is 378 g/mol. The Balaban J connectivity index is 1.82. The van der Waals surface area contributed by atoms with Gasteiger partial charge in [0.1, 0.15) is 11.6 Å². The number of allylic oxidation sites excluding steroid dienone is 1. The Hall–Kier alpha value is -2.38. The number of hydrogen-bond donors (Lipinski definition) is 0. The molecule has 0 aliphatic heterocycles. The average molecular weight is 400 g/mol. The van der Waals surface area contributed by atoms with Gasteiger partial charge in [0.15, 0.2) is 15.0 Å². The second-order valence-electron chi connectivity index (χ2n) is 6.14. The number of aryl methyl sites for hydroxylation is 1. The van der Waals surface area contributed by atoms with Gasteiger partial charge in [-0.3, -0.25) is 0 Å². The van der Waals surface area contributed by atoms with Gasteiger partial charge in [-0.1, -0.05) is 65.9 Å². The lowest BCUT2D eigenvalue weighted by Crippen LogP contribution is -2.11. The fraction of sp³-hybridized carbons (Fsp3) is 0.200. The molecule has 5 nitrogen and oxygen atoms in total. The van der Waals surface area contributed by atoms with Gasteiger partial charge >= 0.3 is 0 Å². The zero-order chi connectivity index (χ0) is 19.3. The van der Waals surface area contributed by atoms with Gasteiger partial charge in [-0.2, -0.15) is 0 Å². The Bertz CT molecular complexity index is 1010. The van der Waals surface area contributed by atoms with Crippen LogP contribution in [0, 0.1) is 6.92 Å². The maximum absolute atomic E-state index is 12.7. The van der Waals surface area contributed by atoms with Crippen LogP contribution in [0.4, 0.5) is 0 Å². The molecule has 0 fully saturated rings. The number of aromatic nitrogens is 3. The summed E-state index contributed by atoms with van der Waals surface area (Å²) in [5, 5.41) is 9.03. The average Bonchev–Trinajstić information content (AvgIpc) is 3.02. The molecule has 0 radical (unpaired) electrons. The summed E-state index contributed by atoms with van der Waals surface area (Å²) in [6, 6.07) is 16.9. The lowest BCUT2D eigenvalue weighted by Gasteiger charge is -2.09. The summed E-state index contributed by atoms with van der Waals surface area (Å²) in [6.07, 6.45) is 1.72. The number of sulfone groups is 1. The third-order valence-corrected chi connectivity index (χ3v) is 6.68. The molecule has 3 rings (SSSR count). The summed E-state index contributed by atoms with van der Waals surface area (Å²) in [4.78, 5) is 0.291. The largest absolute Gasteiger partial charge is 0.301 e. The minimum Gasteiger partial charge on any atom is -0.301 e. The molecule has 0 unspecified atom stereocenters. The van der Waals surface area contributed by atoms with Crippen LogP contribution in [-0.4, -0.2) is 23.2 Å². The molecule has 3 aromatic rings. The van der Waals surface area contributed by atoms with E-state index in [1.54, 1.807) is 30.3 Å². The molecule has 0 saturated heterocycles. The lowest BCUT2D eigenvalue weighted by atomic mass is 10.2. The van der Waals surface area contributed by atoms with E-state index in [2.05, 4.69) is 16.8 Å². The van der Waals surface area contributed by atoms with Crippen LogP contribution in [0.5, 0.6) is 0 Å². The smallest absolute Gasteiger partial charge is 0.191 e. The first-order valence-electron chi connectivity index (χ1n) is 8.49. The monoisotopic (exact) mass is 399 g/mol. The third kappa shape index (κ3) is 4.87. The van der Waals surface area contributed by atoms with Crippen molar-refractivity contribution < 1.29 is 8.42 Å². The number of nitrogens with zero attached hydrogens (tertiary/aromatic N) is 3. The van der Waals surface area contributed by atoms with Crippen LogP contribution in [-0.2, 0) is 27.9 Å². The molecule has 0 N–H and O–H groups in total. The highest BCUT2D eigenvalue weighted by Crippen LogP contribution is 2.24. The van der Waals surface area contributed by atoms with E-state index in [-0.39, 0.29) is 5.75 Å². The molecule has 140 valence electrons. The molecule has 7 heteroatoms. The summed E-state index contributed by atoms with van der Waals surface area (Å²) in [6.45, 7) is 6.15. The van der Waals surface area contributed by atoms with Crippen molar-refractivity contribution in [2.45, 2.75) is 35.0 Å². The first kappa shape index (κ1) is 19.4. The summed E-state index contributed by atoms with van der Waals surface area (Å²) >= 11 is 1.53. The molecule has 2 aromatic carbocycles. The zero-order valence-electron chi connectivity index (χ0n) is 15.1. The van der Waals surface area contributed by atoms with Crippen molar-refractivity contribution >= 4 is 21.6 Å². The number of hydrogen-bond acceptors (Lipinski definition) is 5. The van der Waals surface area contributed by atoms with Crippen molar-refractivity contribution in [2.75, 3.05) is 0 Å². The van der Waals surface area contributed by atoms with E-state index in [0.29, 0.717) is 22.4 Å². The SMILES string of the molecule is C=CCn1c(CS(=O)(=O)c2ccc(C)cc2)nnc1SCc1ccccc1. The second-order valence-corrected chi connectivity index (χ2v) is 9.08. The van der Waals surface area contributed by atoms with Crippen LogP contribution in [0.3, 0.4) is 0 Å². The van der Waals surface area contributed by atoms with Crippen LogP contribution < -0.4 is 0 Å². The zero-order valence-corrected chi connectivity index (χ0v) is 16.7. The van der Waals surface area contributed by atoms with Gasteiger partial charge in [-0.05, 0) is 24.6 Å². The van der Waals surface area contributed by atoms with E-state index in [9.17, 15) is 8.42 Å². The highest BCUT2D eigenvalue weighted by molar-refractivity contribution is 7.98. The van der Waals surface area contributed by atoms with Crippen molar-refractivity contribution in [1.82, 2.24) is 14.8 Å². The molecule has 0 aliphatic rings. The van der Waals surface area contributed by atoms with Gasteiger partial charge in [-0.25, -0.2) is 8.42 Å². The molecular formula is C20H21N3O2S2. The number of rotatable bonds is 8. The first-order chi connectivity index (χ1) is 13.0. The summed E-state index contributed by atoms with van der Waals surface area (Å²) in [5.41, 5.74) is 2.19. The van der Waals surface area contributed by atoms with Crippen LogP contribution >= 0.6 is 11.8 Å². The van der Waals surface area contributed by atoms with Gasteiger partial charge in [-0.15, -0.1) is 16.8 Å². The maximum atomic E-state index is 12.7. The van der Waals surface area contributed by atoms with Crippen molar-refractivity contribution in [3.63, 3.8) is 0 Å². The van der Waals surface area contributed by atoms with E-state index in [0.717, 1.165) is 11.3 Å². The van der Waals surface area contributed by atoms with E-state index in [4.69, 9.17) is 0 Å². The molecule has 1 aromatic heterocycles. The molecule has 27 heavy (non-hydrogen) atoms. The number of thioether (sulfide) groups is 1. The molecule has 0 bridgehead atoms. The fourth-order valence-electron chi connectivity index (χ4n) is 2.57. The van der Waals surface area contributed by atoms with E-state index in [1.807, 2.05) is 41.8 Å². The summed E-state index contributed by atoms with van der Waals surface area (Å²) < 4.78 is 27.3. The second kappa shape index (κ2) is 8.54. The van der Waals surface area contributed by atoms with Crippen molar-refractivity contribution in [2.24, 2.45) is 0 Å². The Morgan fingerprint density at radius 3 is 2.44 bits per heavy atom. The fourth-order valence-corrected chi connectivity index (χ4v) is 4.76. The maximum Gasteiger partial charge on any atom is 0.191 e. The number of benzene rings is 2. The van der Waals surface area contributed by atoms with Crippen LogP contribution in [0.25, 0.3) is 0 Å². The molecule has 0 saturated carbocycles. The highest BCUT2D eigenvalue weighted by Gasteiger charge is 2.21. The lowest BCUT2D eigenvalue weighted by molar-refractivity contribution is 0.590. The Morgan fingerprint density at radius 1 is 1.07 bits per heavy atom. The van der Waals surface area contributed by atoms with Crippen LogP contribution in [0.2, 0.25) is 0 Å². The minimum atomic E-state index is -3.49. The summed E-state index contributed by atoms with van der Waals surface area (Å²) in [7, 11) is -3.49. The minimum absolute atomic E-state index is 0.192. The highest BCUT2D eigenvalue weighted by atomic mass is 32.2. The Morgan fingerprint density at radius 2 is 1.78 bits per heavy atom. The topological polar surface area (TPSA) is 64.8 Å². The summed E-state index contributed by atoms with van der Waals surface area (Å²) in [5.74, 6) is 0.968. The van der Waals surface area contributed by atoms with E-state index < -0.39 is 9.84 Å². The first-order valence-corrected chi connectivity index (χ1v) is 11.1. The van der Waals surface area contributed by atoms with E-state index in [1.165, 1.54) is 17.3 Å².